The molecule has 4 heteroatoms. The van der Waals surface area contributed by atoms with Crippen molar-refractivity contribution in [1.29, 1.82) is 0 Å². The molecule has 0 aliphatic rings. The molecule has 0 aromatic heterocycles. The average molecular weight is 319 g/mol. The van der Waals surface area contributed by atoms with Gasteiger partial charge in [0.25, 0.3) is 5.91 Å². The Morgan fingerprint density at radius 3 is 2.12 bits per heavy atom. The quantitative estimate of drug-likeness (QED) is 0.642. The zero-order chi connectivity index (χ0) is 16.9. The van der Waals surface area contributed by atoms with Gasteiger partial charge in [-0.05, 0) is 29.8 Å². The van der Waals surface area contributed by atoms with Gasteiger partial charge in [0.15, 0.2) is 0 Å². The number of hydrogen-bond acceptors (Lipinski definition) is 3. The van der Waals surface area contributed by atoms with Crippen molar-refractivity contribution in [3.8, 4) is 22.6 Å². The second-order valence-corrected chi connectivity index (χ2v) is 5.41. The van der Waals surface area contributed by atoms with Crippen LogP contribution in [-0.4, -0.2) is 16.1 Å². The molecule has 4 nitrogen and oxygen atoms in total. The standard InChI is InChI=1S/C20H17NO3/c22-18-12-17(14-7-3-1-4-8-14)19(23)11-16(18)13-21-20(24)15-9-5-2-6-10-15/h1-12,22-23H,13H2,(H,21,24). The lowest BCUT2D eigenvalue weighted by Gasteiger charge is -2.11. The molecule has 0 aliphatic heterocycles. The van der Waals surface area contributed by atoms with Crippen molar-refractivity contribution in [3.63, 3.8) is 0 Å². The van der Waals surface area contributed by atoms with Crippen molar-refractivity contribution in [1.82, 2.24) is 5.32 Å². The van der Waals surface area contributed by atoms with Crippen LogP contribution in [0.4, 0.5) is 0 Å². The van der Waals surface area contributed by atoms with Crippen LogP contribution in [0.3, 0.4) is 0 Å². The summed E-state index contributed by atoms with van der Waals surface area (Å²) < 4.78 is 0. The Bertz CT molecular complexity index is 846. The van der Waals surface area contributed by atoms with Crippen molar-refractivity contribution in [3.05, 3.63) is 83.9 Å². The van der Waals surface area contributed by atoms with Gasteiger partial charge >= 0.3 is 0 Å². The molecule has 3 rings (SSSR count). The van der Waals surface area contributed by atoms with Gasteiger partial charge < -0.3 is 15.5 Å². The minimum Gasteiger partial charge on any atom is -0.508 e. The summed E-state index contributed by atoms with van der Waals surface area (Å²) in [6.07, 6.45) is 0. The molecule has 0 aliphatic carbocycles. The summed E-state index contributed by atoms with van der Waals surface area (Å²) in [7, 11) is 0. The van der Waals surface area contributed by atoms with Crippen molar-refractivity contribution in [2.24, 2.45) is 0 Å². The predicted molar refractivity (Wildman–Crippen MR) is 92.8 cm³/mol. The minimum absolute atomic E-state index is 0.0278. The molecule has 3 aromatic carbocycles. The molecular formula is C20H17NO3. The number of phenols is 2. The highest BCUT2D eigenvalue weighted by Crippen LogP contribution is 2.34. The highest BCUT2D eigenvalue weighted by atomic mass is 16.3. The summed E-state index contributed by atoms with van der Waals surface area (Å²) in [5, 5.41) is 23.2. The smallest absolute Gasteiger partial charge is 0.251 e. The molecule has 3 N–H and O–H groups in total. The molecule has 24 heavy (non-hydrogen) atoms. The molecule has 0 unspecified atom stereocenters. The molecule has 0 fully saturated rings. The van der Waals surface area contributed by atoms with E-state index in [1.54, 1.807) is 24.3 Å². The Kier molecular flexibility index (Phi) is 4.47. The average Bonchev–Trinajstić information content (AvgIpc) is 2.63. The molecular weight excluding hydrogens is 302 g/mol. The van der Waals surface area contributed by atoms with E-state index in [1.165, 1.54) is 12.1 Å². The minimum atomic E-state index is -0.235. The Balaban J connectivity index is 1.78. The summed E-state index contributed by atoms with van der Waals surface area (Å²) in [5.41, 5.74) is 2.36. The fourth-order valence-electron chi connectivity index (χ4n) is 2.48. The molecule has 3 aromatic rings. The highest BCUT2D eigenvalue weighted by molar-refractivity contribution is 5.94. The Hall–Kier alpha value is -3.27. The van der Waals surface area contributed by atoms with E-state index in [0.717, 1.165) is 5.56 Å². The normalized spacial score (nSPS) is 10.3. The van der Waals surface area contributed by atoms with Gasteiger partial charge in [-0.1, -0.05) is 48.5 Å². The lowest BCUT2D eigenvalue weighted by atomic mass is 10.0. The highest BCUT2D eigenvalue weighted by Gasteiger charge is 2.12. The van der Waals surface area contributed by atoms with Gasteiger partial charge in [-0.3, -0.25) is 4.79 Å². The molecule has 0 saturated heterocycles. The molecule has 0 bridgehead atoms. The zero-order valence-electron chi connectivity index (χ0n) is 12.9. The largest absolute Gasteiger partial charge is 0.508 e. The lowest BCUT2D eigenvalue weighted by Crippen LogP contribution is -2.22. The maximum absolute atomic E-state index is 12.0. The first kappa shape index (κ1) is 15.6. The summed E-state index contributed by atoms with van der Waals surface area (Å²) in [5.74, 6) is -0.149. The van der Waals surface area contributed by atoms with Gasteiger partial charge in [0, 0.05) is 23.2 Å². The van der Waals surface area contributed by atoms with E-state index in [2.05, 4.69) is 5.32 Å². The van der Waals surface area contributed by atoms with E-state index in [1.807, 2.05) is 36.4 Å². The zero-order valence-corrected chi connectivity index (χ0v) is 12.9. The molecule has 0 atom stereocenters. The van der Waals surface area contributed by atoms with Crippen LogP contribution >= 0.6 is 0 Å². The van der Waals surface area contributed by atoms with E-state index in [9.17, 15) is 15.0 Å². The number of benzene rings is 3. The van der Waals surface area contributed by atoms with Crippen LogP contribution in [0, 0.1) is 0 Å². The molecule has 1 amide bonds. The van der Waals surface area contributed by atoms with Crippen LogP contribution in [0.5, 0.6) is 11.5 Å². The summed E-state index contributed by atoms with van der Waals surface area (Å²) in [4.78, 5) is 12.0. The Morgan fingerprint density at radius 1 is 0.833 bits per heavy atom. The fraction of sp³-hybridized carbons (Fsp3) is 0.0500. The van der Waals surface area contributed by atoms with Crippen LogP contribution in [0.1, 0.15) is 15.9 Å². The van der Waals surface area contributed by atoms with Crippen LogP contribution in [0.2, 0.25) is 0 Å². The summed E-state index contributed by atoms with van der Waals surface area (Å²) >= 11 is 0. The van der Waals surface area contributed by atoms with Crippen molar-refractivity contribution < 1.29 is 15.0 Å². The fourth-order valence-corrected chi connectivity index (χ4v) is 2.48. The number of amides is 1. The topological polar surface area (TPSA) is 69.6 Å². The van der Waals surface area contributed by atoms with Gasteiger partial charge in [0.1, 0.15) is 11.5 Å². The van der Waals surface area contributed by atoms with E-state index in [4.69, 9.17) is 0 Å². The van der Waals surface area contributed by atoms with Crippen LogP contribution < -0.4 is 5.32 Å². The first-order valence-corrected chi connectivity index (χ1v) is 7.58. The van der Waals surface area contributed by atoms with E-state index < -0.39 is 0 Å². The number of carbonyl (C=O) groups is 1. The van der Waals surface area contributed by atoms with E-state index in [-0.39, 0.29) is 24.0 Å². The maximum Gasteiger partial charge on any atom is 0.251 e. The van der Waals surface area contributed by atoms with Crippen molar-refractivity contribution >= 4 is 5.91 Å². The Labute approximate surface area is 140 Å². The van der Waals surface area contributed by atoms with E-state index >= 15 is 0 Å². The van der Waals surface area contributed by atoms with Gasteiger partial charge in [-0.2, -0.15) is 0 Å². The molecule has 0 saturated carbocycles. The molecule has 120 valence electrons. The van der Waals surface area contributed by atoms with Gasteiger partial charge in [-0.15, -0.1) is 0 Å². The number of rotatable bonds is 4. The molecule has 0 spiro atoms. The number of phenolic OH excluding ortho intramolecular Hbond substituents is 2. The molecule has 0 heterocycles. The predicted octanol–water partition coefficient (Wildman–Crippen LogP) is 3.69. The van der Waals surface area contributed by atoms with Crippen LogP contribution in [0.15, 0.2) is 72.8 Å². The second-order valence-electron chi connectivity index (χ2n) is 5.41. The number of nitrogens with one attached hydrogen (secondary N) is 1. The van der Waals surface area contributed by atoms with Crippen LogP contribution in [0.25, 0.3) is 11.1 Å². The van der Waals surface area contributed by atoms with Gasteiger partial charge in [0.2, 0.25) is 0 Å². The SMILES string of the molecule is O=C(NCc1cc(O)c(-c2ccccc2)cc1O)c1ccccc1. The Morgan fingerprint density at radius 2 is 1.46 bits per heavy atom. The maximum atomic E-state index is 12.0. The lowest BCUT2D eigenvalue weighted by molar-refractivity contribution is 0.0950. The summed E-state index contributed by atoms with van der Waals surface area (Å²) in [6, 6.07) is 21.1. The van der Waals surface area contributed by atoms with E-state index in [0.29, 0.717) is 16.7 Å². The monoisotopic (exact) mass is 319 g/mol. The first-order valence-electron chi connectivity index (χ1n) is 7.58. The second kappa shape index (κ2) is 6.87. The van der Waals surface area contributed by atoms with Crippen molar-refractivity contribution in [2.75, 3.05) is 0 Å². The first-order chi connectivity index (χ1) is 11.6. The van der Waals surface area contributed by atoms with Crippen LogP contribution in [-0.2, 0) is 6.54 Å². The third kappa shape index (κ3) is 3.38. The number of hydrogen-bond donors (Lipinski definition) is 3. The third-order valence-electron chi connectivity index (χ3n) is 3.76. The van der Waals surface area contributed by atoms with Crippen molar-refractivity contribution in [2.45, 2.75) is 6.54 Å². The van der Waals surface area contributed by atoms with Gasteiger partial charge in [0.05, 0.1) is 0 Å². The number of aromatic hydroxyl groups is 2. The molecule has 0 radical (unpaired) electrons. The third-order valence-corrected chi connectivity index (χ3v) is 3.76. The summed E-state index contributed by atoms with van der Waals surface area (Å²) in [6.45, 7) is 0.127. The van der Waals surface area contributed by atoms with Gasteiger partial charge in [-0.25, -0.2) is 0 Å². The number of carbonyl (C=O) groups excluding carboxylic acids is 1.